The van der Waals surface area contributed by atoms with Gasteiger partial charge in [-0.3, -0.25) is 4.79 Å². The van der Waals surface area contributed by atoms with E-state index in [2.05, 4.69) is 6.92 Å². The molecule has 90 valence electrons. The standard InChI is InChI=1S/C12H24O3/c1-4-6-9-15-10-8-12(3,7-5-2)11(13)14/h4-10H2,1-3H3,(H,13,14). The Labute approximate surface area is 92.8 Å². The second kappa shape index (κ2) is 7.69. The van der Waals surface area contributed by atoms with Crippen molar-refractivity contribution in [3.05, 3.63) is 0 Å². The van der Waals surface area contributed by atoms with Crippen LogP contribution in [0.25, 0.3) is 0 Å². The van der Waals surface area contributed by atoms with Crippen LogP contribution in [0, 0.1) is 5.41 Å². The van der Waals surface area contributed by atoms with Crippen molar-refractivity contribution in [3.63, 3.8) is 0 Å². The molecule has 3 nitrogen and oxygen atoms in total. The SMILES string of the molecule is CCCCOCCC(C)(CCC)C(=O)O. The zero-order valence-electron chi connectivity index (χ0n) is 10.2. The number of carboxylic acids is 1. The maximum absolute atomic E-state index is 11.1. The lowest BCUT2D eigenvalue weighted by Crippen LogP contribution is -2.29. The van der Waals surface area contributed by atoms with Gasteiger partial charge in [0, 0.05) is 13.2 Å². The van der Waals surface area contributed by atoms with E-state index in [9.17, 15) is 4.79 Å². The van der Waals surface area contributed by atoms with Gasteiger partial charge in [-0.2, -0.15) is 0 Å². The van der Waals surface area contributed by atoms with Crippen LogP contribution in [0.1, 0.15) is 52.9 Å². The quantitative estimate of drug-likeness (QED) is 0.602. The van der Waals surface area contributed by atoms with E-state index in [1.54, 1.807) is 0 Å². The summed E-state index contributed by atoms with van der Waals surface area (Å²) in [6, 6.07) is 0. The highest BCUT2D eigenvalue weighted by Gasteiger charge is 2.31. The fraction of sp³-hybridized carbons (Fsp3) is 0.917. The maximum atomic E-state index is 11.1. The summed E-state index contributed by atoms with van der Waals surface area (Å²) in [6.07, 6.45) is 4.40. The van der Waals surface area contributed by atoms with E-state index >= 15 is 0 Å². The molecule has 0 amide bonds. The molecule has 0 fully saturated rings. The highest BCUT2D eigenvalue weighted by molar-refractivity contribution is 5.74. The molecule has 15 heavy (non-hydrogen) atoms. The van der Waals surface area contributed by atoms with Gasteiger partial charge in [0.2, 0.25) is 0 Å². The first kappa shape index (κ1) is 14.4. The van der Waals surface area contributed by atoms with Crippen molar-refractivity contribution < 1.29 is 14.6 Å². The first-order valence-electron chi connectivity index (χ1n) is 5.88. The van der Waals surface area contributed by atoms with Gasteiger partial charge < -0.3 is 9.84 Å². The second-order valence-electron chi connectivity index (χ2n) is 4.33. The maximum Gasteiger partial charge on any atom is 0.309 e. The zero-order valence-corrected chi connectivity index (χ0v) is 10.2. The number of aliphatic carboxylic acids is 1. The van der Waals surface area contributed by atoms with E-state index in [0.29, 0.717) is 13.0 Å². The van der Waals surface area contributed by atoms with Crippen LogP contribution in [0.5, 0.6) is 0 Å². The molecule has 1 N–H and O–H groups in total. The molecule has 0 aliphatic rings. The number of hydrogen-bond acceptors (Lipinski definition) is 2. The van der Waals surface area contributed by atoms with E-state index in [4.69, 9.17) is 9.84 Å². The van der Waals surface area contributed by atoms with Crippen LogP contribution >= 0.6 is 0 Å². The van der Waals surface area contributed by atoms with Crippen LogP contribution in [0.3, 0.4) is 0 Å². The van der Waals surface area contributed by atoms with Gasteiger partial charge in [-0.15, -0.1) is 0 Å². The summed E-state index contributed by atoms with van der Waals surface area (Å²) >= 11 is 0. The molecule has 0 spiro atoms. The predicted molar refractivity (Wildman–Crippen MR) is 61.0 cm³/mol. The average molecular weight is 216 g/mol. The van der Waals surface area contributed by atoms with Crippen LogP contribution < -0.4 is 0 Å². The Hall–Kier alpha value is -0.570. The summed E-state index contributed by atoms with van der Waals surface area (Å²) in [5.41, 5.74) is -0.610. The molecule has 0 saturated carbocycles. The van der Waals surface area contributed by atoms with Crippen LogP contribution in [0.4, 0.5) is 0 Å². The van der Waals surface area contributed by atoms with E-state index in [1.165, 1.54) is 0 Å². The largest absolute Gasteiger partial charge is 0.481 e. The molecule has 0 aromatic rings. The molecular weight excluding hydrogens is 192 g/mol. The Morgan fingerprint density at radius 3 is 2.33 bits per heavy atom. The lowest BCUT2D eigenvalue weighted by molar-refractivity contribution is -0.149. The third-order valence-corrected chi connectivity index (χ3v) is 2.76. The molecule has 0 heterocycles. The van der Waals surface area contributed by atoms with E-state index in [0.717, 1.165) is 32.3 Å². The third-order valence-electron chi connectivity index (χ3n) is 2.76. The Balaban J connectivity index is 3.81. The van der Waals surface area contributed by atoms with Crippen molar-refractivity contribution in [3.8, 4) is 0 Å². The molecular formula is C12H24O3. The van der Waals surface area contributed by atoms with Gasteiger partial charge in [0.05, 0.1) is 5.41 Å². The summed E-state index contributed by atoms with van der Waals surface area (Å²) in [5, 5.41) is 9.11. The van der Waals surface area contributed by atoms with Crippen LogP contribution in [-0.4, -0.2) is 24.3 Å². The van der Waals surface area contributed by atoms with E-state index < -0.39 is 11.4 Å². The third kappa shape index (κ3) is 5.78. The monoisotopic (exact) mass is 216 g/mol. The Morgan fingerprint density at radius 2 is 1.87 bits per heavy atom. The summed E-state index contributed by atoms with van der Waals surface area (Å²) in [6.45, 7) is 7.24. The summed E-state index contributed by atoms with van der Waals surface area (Å²) in [5.74, 6) is -0.705. The number of carbonyl (C=O) groups is 1. The van der Waals surface area contributed by atoms with Crippen molar-refractivity contribution in [2.75, 3.05) is 13.2 Å². The van der Waals surface area contributed by atoms with Gasteiger partial charge in [0.15, 0.2) is 0 Å². The van der Waals surface area contributed by atoms with Gasteiger partial charge in [-0.1, -0.05) is 26.7 Å². The summed E-state index contributed by atoms with van der Waals surface area (Å²) < 4.78 is 5.40. The van der Waals surface area contributed by atoms with Gasteiger partial charge in [0.1, 0.15) is 0 Å². The Bertz CT molecular complexity index is 180. The zero-order chi connectivity index (χ0) is 11.7. The van der Waals surface area contributed by atoms with Crippen molar-refractivity contribution >= 4 is 5.97 Å². The van der Waals surface area contributed by atoms with Gasteiger partial charge in [-0.25, -0.2) is 0 Å². The minimum absolute atomic E-state index is 0.558. The van der Waals surface area contributed by atoms with Crippen LogP contribution in [-0.2, 0) is 9.53 Å². The summed E-state index contributed by atoms with van der Waals surface area (Å²) in [7, 11) is 0. The lowest BCUT2D eigenvalue weighted by Gasteiger charge is -2.23. The van der Waals surface area contributed by atoms with Gasteiger partial charge in [-0.05, 0) is 26.2 Å². The van der Waals surface area contributed by atoms with Crippen LogP contribution in [0.15, 0.2) is 0 Å². The van der Waals surface area contributed by atoms with Crippen molar-refractivity contribution in [2.24, 2.45) is 5.41 Å². The summed E-state index contributed by atoms with van der Waals surface area (Å²) in [4.78, 5) is 11.1. The molecule has 0 saturated heterocycles. The fourth-order valence-electron chi connectivity index (χ4n) is 1.54. The molecule has 0 rings (SSSR count). The van der Waals surface area contributed by atoms with Crippen molar-refractivity contribution in [1.82, 2.24) is 0 Å². The smallest absolute Gasteiger partial charge is 0.309 e. The van der Waals surface area contributed by atoms with Gasteiger partial charge >= 0.3 is 5.97 Å². The highest BCUT2D eigenvalue weighted by atomic mass is 16.5. The second-order valence-corrected chi connectivity index (χ2v) is 4.33. The first-order chi connectivity index (χ1) is 7.06. The average Bonchev–Trinajstić information content (AvgIpc) is 2.18. The van der Waals surface area contributed by atoms with Crippen molar-refractivity contribution in [2.45, 2.75) is 52.9 Å². The highest BCUT2D eigenvalue weighted by Crippen LogP contribution is 2.27. The Kier molecular flexibility index (Phi) is 7.39. The minimum atomic E-state index is -0.705. The number of carboxylic acid groups (broad SMARTS) is 1. The lowest BCUT2D eigenvalue weighted by atomic mass is 9.83. The number of ether oxygens (including phenoxy) is 1. The van der Waals surface area contributed by atoms with Gasteiger partial charge in [0.25, 0.3) is 0 Å². The molecule has 0 radical (unpaired) electrons. The topological polar surface area (TPSA) is 46.5 Å². The van der Waals surface area contributed by atoms with E-state index in [-0.39, 0.29) is 0 Å². The normalized spacial score (nSPS) is 14.9. The molecule has 0 aliphatic heterocycles. The van der Waals surface area contributed by atoms with E-state index in [1.807, 2.05) is 13.8 Å². The molecule has 0 aromatic carbocycles. The number of unbranched alkanes of at least 4 members (excludes halogenated alkanes) is 1. The number of rotatable bonds is 9. The molecule has 0 aliphatic carbocycles. The molecule has 3 heteroatoms. The minimum Gasteiger partial charge on any atom is -0.481 e. The van der Waals surface area contributed by atoms with Crippen LogP contribution in [0.2, 0.25) is 0 Å². The molecule has 1 atom stereocenters. The first-order valence-corrected chi connectivity index (χ1v) is 5.88. The molecule has 1 unspecified atom stereocenters. The fourth-order valence-corrected chi connectivity index (χ4v) is 1.54. The number of hydrogen-bond donors (Lipinski definition) is 1. The molecule has 0 aromatic heterocycles. The predicted octanol–water partition coefficient (Wildman–Crippen LogP) is 3.08. The van der Waals surface area contributed by atoms with Crippen molar-refractivity contribution in [1.29, 1.82) is 0 Å². The molecule has 0 bridgehead atoms. The Morgan fingerprint density at radius 1 is 1.20 bits per heavy atom.